The van der Waals surface area contributed by atoms with Gasteiger partial charge >= 0.3 is 0 Å². The second-order valence-corrected chi connectivity index (χ2v) is 3.50. The SMILES string of the molecule is COc1cc2[nH]ccc(=O)c2c(C)c1OC. The zero-order chi connectivity index (χ0) is 11.7. The summed E-state index contributed by atoms with van der Waals surface area (Å²) < 4.78 is 10.5. The van der Waals surface area contributed by atoms with Crippen LogP contribution in [0.5, 0.6) is 11.5 Å². The van der Waals surface area contributed by atoms with E-state index in [0.717, 1.165) is 11.1 Å². The predicted octanol–water partition coefficient (Wildman–Crippen LogP) is 1.85. The van der Waals surface area contributed by atoms with Gasteiger partial charge in [-0.1, -0.05) is 0 Å². The Kier molecular flexibility index (Phi) is 2.56. The number of hydrogen-bond acceptors (Lipinski definition) is 3. The molecule has 2 rings (SSSR count). The molecule has 0 bridgehead atoms. The van der Waals surface area contributed by atoms with Gasteiger partial charge in [0.25, 0.3) is 0 Å². The van der Waals surface area contributed by atoms with Crippen LogP contribution in [0.2, 0.25) is 0 Å². The molecule has 2 aromatic rings. The summed E-state index contributed by atoms with van der Waals surface area (Å²) in [6.45, 7) is 1.85. The van der Waals surface area contributed by atoms with E-state index in [1.165, 1.54) is 6.07 Å². The van der Waals surface area contributed by atoms with Gasteiger partial charge in [-0.25, -0.2) is 0 Å². The molecule has 0 saturated heterocycles. The van der Waals surface area contributed by atoms with Crippen molar-refractivity contribution < 1.29 is 9.47 Å². The fourth-order valence-corrected chi connectivity index (χ4v) is 1.90. The molecular weight excluding hydrogens is 206 g/mol. The Hall–Kier alpha value is -1.97. The number of H-pyrrole nitrogens is 1. The number of benzene rings is 1. The Labute approximate surface area is 92.8 Å². The number of ether oxygens (including phenoxy) is 2. The maximum absolute atomic E-state index is 11.8. The minimum absolute atomic E-state index is 0.0211. The van der Waals surface area contributed by atoms with Crippen molar-refractivity contribution in [1.29, 1.82) is 0 Å². The Bertz CT molecular complexity index is 587. The van der Waals surface area contributed by atoms with E-state index in [-0.39, 0.29) is 5.43 Å². The van der Waals surface area contributed by atoms with Gasteiger partial charge in [-0.05, 0) is 6.92 Å². The van der Waals surface area contributed by atoms with Gasteiger partial charge < -0.3 is 14.5 Å². The van der Waals surface area contributed by atoms with Gasteiger partial charge in [-0.15, -0.1) is 0 Å². The summed E-state index contributed by atoms with van der Waals surface area (Å²) in [5.74, 6) is 1.22. The predicted molar refractivity (Wildman–Crippen MR) is 62.4 cm³/mol. The fourth-order valence-electron chi connectivity index (χ4n) is 1.90. The van der Waals surface area contributed by atoms with Gasteiger partial charge in [-0.3, -0.25) is 4.79 Å². The number of rotatable bonds is 2. The Morgan fingerprint density at radius 1 is 1.25 bits per heavy atom. The van der Waals surface area contributed by atoms with Crippen LogP contribution in [-0.4, -0.2) is 19.2 Å². The first-order valence-electron chi connectivity index (χ1n) is 4.92. The molecule has 0 aliphatic heterocycles. The fraction of sp³-hybridized carbons (Fsp3) is 0.250. The van der Waals surface area contributed by atoms with Crippen molar-refractivity contribution in [2.45, 2.75) is 6.92 Å². The zero-order valence-corrected chi connectivity index (χ0v) is 9.46. The lowest BCUT2D eigenvalue weighted by molar-refractivity contribution is 0.354. The molecule has 4 heteroatoms. The third-order valence-corrected chi connectivity index (χ3v) is 2.63. The zero-order valence-electron chi connectivity index (χ0n) is 9.46. The Morgan fingerprint density at radius 3 is 2.62 bits per heavy atom. The van der Waals surface area contributed by atoms with E-state index in [4.69, 9.17) is 9.47 Å². The van der Waals surface area contributed by atoms with Gasteiger partial charge in [0.2, 0.25) is 0 Å². The molecule has 0 fully saturated rings. The van der Waals surface area contributed by atoms with E-state index in [1.807, 2.05) is 6.92 Å². The first-order chi connectivity index (χ1) is 7.69. The van der Waals surface area contributed by atoms with E-state index >= 15 is 0 Å². The van der Waals surface area contributed by atoms with Crippen molar-refractivity contribution in [3.8, 4) is 11.5 Å². The molecule has 1 N–H and O–H groups in total. The lowest BCUT2D eigenvalue weighted by Crippen LogP contribution is -2.04. The van der Waals surface area contributed by atoms with E-state index in [9.17, 15) is 4.79 Å². The highest BCUT2D eigenvalue weighted by Gasteiger charge is 2.13. The average Bonchev–Trinajstić information content (AvgIpc) is 2.28. The minimum atomic E-state index is -0.0211. The highest BCUT2D eigenvalue weighted by atomic mass is 16.5. The first kappa shape index (κ1) is 10.5. The largest absolute Gasteiger partial charge is 0.493 e. The smallest absolute Gasteiger partial charge is 0.189 e. The van der Waals surface area contributed by atoms with Crippen molar-refractivity contribution in [2.24, 2.45) is 0 Å². The highest BCUT2D eigenvalue weighted by Crippen LogP contribution is 2.34. The first-order valence-corrected chi connectivity index (χ1v) is 4.92. The number of aryl methyl sites for hydroxylation is 1. The number of pyridine rings is 1. The quantitative estimate of drug-likeness (QED) is 0.838. The van der Waals surface area contributed by atoms with Crippen molar-refractivity contribution in [3.05, 3.63) is 34.1 Å². The molecule has 0 saturated carbocycles. The van der Waals surface area contributed by atoms with Gasteiger partial charge in [0.15, 0.2) is 16.9 Å². The van der Waals surface area contributed by atoms with Crippen LogP contribution in [0.15, 0.2) is 23.1 Å². The van der Waals surface area contributed by atoms with Gasteiger partial charge in [0.05, 0.1) is 25.1 Å². The topological polar surface area (TPSA) is 51.3 Å². The number of methoxy groups -OCH3 is 2. The molecule has 16 heavy (non-hydrogen) atoms. The summed E-state index contributed by atoms with van der Waals surface area (Å²) in [7, 11) is 3.14. The Balaban J connectivity index is 2.94. The number of aromatic amines is 1. The van der Waals surface area contributed by atoms with E-state index < -0.39 is 0 Å². The van der Waals surface area contributed by atoms with Gasteiger partial charge in [0.1, 0.15) is 0 Å². The van der Waals surface area contributed by atoms with Crippen LogP contribution < -0.4 is 14.9 Å². The lowest BCUT2D eigenvalue weighted by Gasteiger charge is -2.12. The molecule has 1 heterocycles. The van der Waals surface area contributed by atoms with Crippen LogP contribution in [0.4, 0.5) is 0 Å². The minimum Gasteiger partial charge on any atom is -0.493 e. The summed E-state index contributed by atoms with van der Waals surface area (Å²) >= 11 is 0. The van der Waals surface area contributed by atoms with Crippen molar-refractivity contribution >= 4 is 10.9 Å². The van der Waals surface area contributed by atoms with E-state index in [0.29, 0.717) is 16.9 Å². The molecule has 0 radical (unpaired) electrons. The summed E-state index contributed by atoms with van der Waals surface area (Å²) in [6.07, 6.45) is 1.62. The van der Waals surface area contributed by atoms with Gasteiger partial charge in [0, 0.05) is 23.9 Å². The molecule has 0 aliphatic rings. The number of nitrogens with one attached hydrogen (secondary N) is 1. The van der Waals surface area contributed by atoms with E-state index in [2.05, 4.69) is 4.98 Å². The van der Waals surface area contributed by atoms with E-state index in [1.54, 1.807) is 26.5 Å². The highest BCUT2D eigenvalue weighted by molar-refractivity contribution is 5.86. The Morgan fingerprint density at radius 2 is 2.00 bits per heavy atom. The number of fused-ring (bicyclic) bond motifs is 1. The molecule has 0 atom stereocenters. The van der Waals surface area contributed by atoms with Crippen molar-refractivity contribution in [2.75, 3.05) is 14.2 Å². The molecule has 0 amide bonds. The standard InChI is InChI=1S/C12H13NO3/c1-7-11-8(13-5-4-9(11)14)6-10(15-2)12(7)16-3/h4-6H,1-3H3,(H,13,14). The summed E-state index contributed by atoms with van der Waals surface area (Å²) in [5, 5.41) is 0.639. The molecule has 0 unspecified atom stereocenters. The van der Waals surface area contributed by atoms with Crippen LogP contribution in [0.1, 0.15) is 5.56 Å². The van der Waals surface area contributed by atoms with Gasteiger partial charge in [-0.2, -0.15) is 0 Å². The van der Waals surface area contributed by atoms with Crippen molar-refractivity contribution in [3.63, 3.8) is 0 Å². The molecule has 1 aromatic heterocycles. The van der Waals surface area contributed by atoms with Crippen molar-refractivity contribution in [1.82, 2.24) is 4.98 Å². The molecule has 1 aromatic carbocycles. The van der Waals surface area contributed by atoms with Crippen LogP contribution in [0.3, 0.4) is 0 Å². The second-order valence-electron chi connectivity index (χ2n) is 3.50. The second kappa shape index (κ2) is 3.89. The normalized spacial score (nSPS) is 10.4. The lowest BCUT2D eigenvalue weighted by atomic mass is 10.1. The molecular formula is C12H13NO3. The monoisotopic (exact) mass is 219 g/mol. The number of aromatic nitrogens is 1. The van der Waals surface area contributed by atoms with Crippen LogP contribution in [0, 0.1) is 6.92 Å². The molecule has 0 spiro atoms. The third-order valence-electron chi connectivity index (χ3n) is 2.63. The number of hydrogen-bond donors (Lipinski definition) is 1. The van der Waals surface area contributed by atoms with Crippen LogP contribution >= 0.6 is 0 Å². The molecule has 84 valence electrons. The summed E-state index contributed by atoms with van der Waals surface area (Å²) in [6, 6.07) is 3.27. The molecule has 4 nitrogen and oxygen atoms in total. The average molecular weight is 219 g/mol. The summed E-state index contributed by atoms with van der Waals surface area (Å²) in [4.78, 5) is 14.8. The van der Waals surface area contributed by atoms with Crippen LogP contribution in [-0.2, 0) is 0 Å². The van der Waals surface area contributed by atoms with Crippen LogP contribution in [0.25, 0.3) is 10.9 Å². The maximum Gasteiger partial charge on any atom is 0.189 e. The summed E-state index contributed by atoms with van der Waals surface area (Å²) in [5.41, 5.74) is 1.52. The molecule has 0 aliphatic carbocycles. The third kappa shape index (κ3) is 1.43. The maximum atomic E-state index is 11.8.